The van der Waals surface area contributed by atoms with Gasteiger partial charge in [0.05, 0.1) is 5.69 Å². The zero-order chi connectivity index (χ0) is 13.5. The van der Waals surface area contributed by atoms with E-state index in [1.54, 1.807) is 6.07 Å². The maximum absolute atomic E-state index is 9.24. The summed E-state index contributed by atoms with van der Waals surface area (Å²) < 4.78 is 0. The molecule has 0 radical (unpaired) electrons. The largest absolute Gasteiger partial charge is 0.508 e. The highest BCUT2D eigenvalue weighted by atomic mass is 16.3. The second-order valence-electron chi connectivity index (χ2n) is 3.90. The lowest BCUT2D eigenvalue weighted by atomic mass is 10.3. The van der Waals surface area contributed by atoms with Crippen LogP contribution in [0.25, 0.3) is 0 Å². The first-order valence-electron chi connectivity index (χ1n) is 5.44. The fraction of sp³-hybridized carbons (Fsp3) is 0.143. The maximum atomic E-state index is 9.24. The van der Waals surface area contributed by atoms with Gasteiger partial charge in [0.25, 0.3) is 0 Å². The van der Waals surface area contributed by atoms with Gasteiger partial charge in [-0.2, -0.15) is 0 Å². The van der Waals surface area contributed by atoms with E-state index in [0.717, 1.165) is 5.69 Å². The summed E-state index contributed by atoms with van der Waals surface area (Å²) >= 11 is 0. The van der Waals surface area contributed by atoms with Crippen molar-refractivity contribution in [2.45, 2.75) is 0 Å². The van der Waals surface area contributed by atoms with Crippen LogP contribution in [0, 0.1) is 0 Å². The first-order valence-corrected chi connectivity index (χ1v) is 5.44. The van der Waals surface area contributed by atoms with Crippen LogP contribution in [-0.4, -0.2) is 29.4 Å². The van der Waals surface area contributed by atoms with Crippen LogP contribution < -0.4 is 4.90 Å². The molecule has 0 unspecified atom stereocenters. The highest BCUT2D eigenvalue weighted by molar-refractivity contribution is 5.56. The number of nitrogens with zero attached hydrogens (tertiary/aromatic N) is 1. The van der Waals surface area contributed by atoms with Crippen molar-refractivity contribution in [3.63, 3.8) is 0 Å². The number of para-hydroxylation sites is 2. The third kappa shape index (κ3) is 4.25. The minimum Gasteiger partial charge on any atom is -0.508 e. The second-order valence-corrected chi connectivity index (χ2v) is 3.90. The van der Waals surface area contributed by atoms with Crippen molar-refractivity contribution in [1.29, 1.82) is 0 Å². The molecule has 0 bridgehead atoms. The van der Waals surface area contributed by atoms with Crippen LogP contribution in [0.1, 0.15) is 0 Å². The van der Waals surface area contributed by atoms with Crippen LogP contribution >= 0.6 is 0 Å². The normalized spacial score (nSPS) is 9.22. The number of phenols is 3. The van der Waals surface area contributed by atoms with E-state index in [1.165, 1.54) is 24.3 Å². The van der Waals surface area contributed by atoms with Gasteiger partial charge >= 0.3 is 0 Å². The molecule has 2 rings (SSSR count). The molecule has 0 aliphatic rings. The Labute approximate surface area is 106 Å². The molecule has 0 spiro atoms. The number of hydrogen-bond acceptors (Lipinski definition) is 4. The van der Waals surface area contributed by atoms with E-state index in [9.17, 15) is 5.11 Å². The highest BCUT2D eigenvalue weighted by Gasteiger charge is 1.98. The second kappa shape index (κ2) is 6.39. The van der Waals surface area contributed by atoms with Gasteiger partial charge in [0.2, 0.25) is 0 Å². The van der Waals surface area contributed by atoms with Crippen molar-refractivity contribution in [1.82, 2.24) is 0 Å². The summed E-state index contributed by atoms with van der Waals surface area (Å²) in [5.41, 5.74) is 0.850. The van der Waals surface area contributed by atoms with Gasteiger partial charge in [-0.25, -0.2) is 0 Å². The van der Waals surface area contributed by atoms with E-state index in [2.05, 4.69) is 0 Å². The molecule has 0 fully saturated rings. The van der Waals surface area contributed by atoms with Crippen molar-refractivity contribution in [3.05, 3.63) is 48.5 Å². The molecule has 0 amide bonds. The summed E-state index contributed by atoms with van der Waals surface area (Å²) in [5, 5.41) is 26.5. The maximum Gasteiger partial charge on any atom is 0.138 e. The van der Waals surface area contributed by atoms with Gasteiger partial charge in [0, 0.05) is 14.1 Å². The predicted molar refractivity (Wildman–Crippen MR) is 72.2 cm³/mol. The Morgan fingerprint density at radius 1 is 0.722 bits per heavy atom. The van der Waals surface area contributed by atoms with E-state index < -0.39 is 0 Å². The van der Waals surface area contributed by atoms with E-state index >= 15 is 0 Å². The lowest BCUT2D eigenvalue weighted by Crippen LogP contribution is -2.08. The third-order valence-electron chi connectivity index (χ3n) is 2.21. The van der Waals surface area contributed by atoms with Gasteiger partial charge in [-0.1, -0.05) is 12.1 Å². The minimum absolute atomic E-state index is 0.169. The van der Waals surface area contributed by atoms with Crippen LogP contribution in [0.4, 0.5) is 5.69 Å². The number of rotatable bonds is 1. The zero-order valence-corrected chi connectivity index (χ0v) is 10.4. The van der Waals surface area contributed by atoms with E-state index in [1.807, 2.05) is 37.2 Å². The first kappa shape index (κ1) is 13.7. The smallest absolute Gasteiger partial charge is 0.138 e. The van der Waals surface area contributed by atoms with Crippen LogP contribution in [0.3, 0.4) is 0 Å². The molecule has 0 heterocycles. The molecule has 0 atom stereocenters. The molecule has 0 saturated heterocycles. The molecule has 0 saturated carbocycles. The molecule has 3 N–H and O–H groups in total. The molecule has 2 aromatic rings. The first-order chi connectivity index (χ1) is 8.50. The van der Waals surface area contributed by atoms with E-state index in [0.29, 0.717) is 5.75 Å². The third-order valence-corrected chi connectivity index (χ3v) is 2.21. The molecule has 96 valence electrons. The number of aromatic hydroxyl groups is 3. The van der Waals surface area contributed by atoms with Crippen molar-refractivity contribution in [2.24, 2.45) is 0 Å². The Morgan fingerprint density at radius 3 is 1.50 bits per heavy atom. The molecule has 18 heavy (non-hydrogen) atoms. The Hall–Kier alpha value is -2.36. The predicted octanol–water partition coefficient (Wildman–Crippen LogP) is 2.56. The number of phenolic OH excluding ortho intramolecular Hbond substituents is 3. The highest BCUT2D eigenvalue weighted by Crippen LogP contribution is 2.23. The minimum atomic E-state index is 0.169. The summed E-state index contributed by atoms with van der Waals surface area (Å²) in [6.07, 6.45) is 0. The molecule has 4 heteroatoms. The van der Waals surface area contributed by atoms with Crippen molar-refractivity contribution in [2.75, 3.05) is 19.0 Å². The molecule has 0 aromatic heterocycles. The molecular formula is C14H17NO3. The SMILES string of the molecule is CN(C)c1ccccc1O.Oc1ccc(O)cc1. The Morgan fingerprint density at radius 2 is 1.17 bits per heavy atom. The zero-order valence-electron chi connectivity index (χ0n) is 10.4. The van der Waals surface area contributed by atoms with E-state index in [-0.39, 0.29) is 11.5 Å². The summed E-state index contributed by atoms with van der Waals surface area (Å²) in [4.78, 5) is 1.87. The molecule has 4 nitrogen and oxygen atoms in total. The topological polar surface area (TPSA) is 63.9 Å². The summed E-state index contributed by atoms with van der Waals surface area (Å²) in [6.45, 7) is 0. The average molecular weight is 247 g/mol. The van der Waals surface area contributed by atoms with Crippen molar-refractivity contribution in [3.8, 4) is 17.2 Å². The number of benzene rings is 2. The lowest BCUT2D eigenvalue weighted by Gasteiger charge is -2.12. The molecule has 0 aliphatic heterocycles. The monoisotopic (exact) mass is 247 g/mol. The summed E-state index contributed by atoms with van der Waals surface area (Å²) in [6, 6.07) is 13.0. The summed E-state index contributed by atoms with van der Waals surface area (Å²) in [5.74, 6) is 0.665. The molecular weight excluding hydrogens is 230 g/mol. The standard InChI is InChI=1S/C8H11NO.C6H6O2/c1-9(2)7-5-3-4-6-8(7)10;7-5-1-2-6(8)4-3-5/h3-6,10H,1-2H3;1-4,7-8H. The fourth-order valence-corrected chi connectivity index (χ4v) is 1.29. The number of hydrogen-bond donors (Lipinski definition) is 3. The van der Waals surface area contributed by atoms with Crippen LogP contribution in [0.2, 0.25) is 0 Å². The van der Waals surface area contributed by atoms with Crippen molar-refractivity contribution >= 4 is 5.69 Å². The van der Waals surface area contributed by atoms with Gasteiger partial charge < -0.3 is 20.2 Å². The Kier molecular flexibility index (Phi) is 4.87. The van der Waals surface area contributed by atoms with Crippen molar-refractivity contribution < 1.29 is 15.3 Å². The quantitative estimate of drug-likeness (QED) is 0.678. The van der Waals surface area contributed by atoms with E-state index in [4.69, 9.17) is 10.2 Å². The summed E-state index contributed by atoms with van der Waals surface area (Å²) in [7, 11) is 3.80. The molecule has 0 aliphatic carbocycles. The Balaban J connectivity index is 0.000000184. The average Bonchev–Trinajstić information content (AvgIpc) is 2.34. The van der Waals surface area contributed by atoms with Gasteiger partial charge in [0.15, 0.2) is 0 Å². The van der Waals surface area contributed by atoms with Gasteiger partial charge in [-0.3, -0.25) is 0 Å². The van der Waals surface area contributed by atoms with Crippen LogP contribution in [0.15, 0.2) is 48.5 Å². The van der Waals surface area contributed by atoms with Gasteiger partial charge in [-0.15, -0.1) is 0 Å². The van der Waals surface area contributed by atoms with Gasteiger partial charge in [0.1, 0.15) is 17.2 Å². The fourth-order valence-electron chi connectivity index (χ4n) is 1.29. The number of anilines is 1. The van der Waals surface area contributed by atoms with Crippen LogP contribution in [-0.2, 0) is 0 Å². The Bertz CT molecular complexity index is 460. The lowest BCUT2D eigenvalue weighted by molar-refractivity contribution is 0.460. The molecule has 2 aromatic carbocycles. The van der Waals surface area contributed by atoms with Gasteiger partial charge in [-0.05, 0) is 36.4 Å². The van der Waals surface area contributed by atoms with Crippen LogP contribution in [0.5, 0.6) is 17.2 Å².